The Balaban J connectivity index is 1.61. The summed E-state index contributed by atoms with van der Waals surface area (Å²) in [6, 6.07) is 1.98. The van der Waals surface area contributed by atoms with Crippen LogP contribution >= 0.6 is 0 Å². The third-order valence-electron chi connectivity index (χ3n) is 4.26. The lowest BCUT2D eigenvalue weighted by molar-refractivity contribution is -0.0247. The molecule has 1 aliphatic rings. The fourth-order valence-corrected chi connectivity index (χ4v) is 2.98. The first-order valence-corrected chi connectivity index (χ1v) is 8.16. The monoisotopic (exact) mass is 330 g/mol. The molecule has 0 N–H and O–H groups in total. The first kappa shape index (κ1) is 16.6. The average Bonchev–Trinajstić information content (AvgIpc) is 2.91. The molecule has 1 unspecified atom stereocenters. The van der Waals surface area contributed by atoms with Gasteiger partial charge in [0.25, 0.3) is 5.91 Å². The first-order chi connectivity index (χ1) is 11.5. The highest BCUT2D eigenvalue weighted by atomic mass is 16.5. The summed E-state index contributed by atoms with van der Waals surface area (Å²) in [5.41, 5.74) is 3.17. The van der Waals surface area contributed by atoms with Gasteiger partial charge in [-0.3, -0.25) is 4.79 Å². The number of nitrogens with zero attached hydrogens (tertiary/aromatic N) is 4. The predicted molar refractivity (Wildman–Crippen MR) is 86.7 cm³/mol. The maximum absolute atomic E-state index is 12.7. The van der Waals surface area contributed by atoms with Crippen molar-refractivity contribution in [1.82, 2.24) is 20.0 Å². The number of amides is 1. The van der Waals surface area contributed by atoms with Crippen molar-refractivity contribution < 1.29 is 14.1 Å². The Morgan fingerprint density at radius 2 is 2.17 bits per heavy atom. The lowest BCUT2D eigenvalue weighted by atomic mass is 10.1. The minimum atomic E-state index is -0.0302. The molecular weight excluding hydrogens is 308 g/mol. The van der Waals surface area contributed by atoms with E-state index in [9.17, 15) is 4.79 Å². The third-order valence-corrected chi connectivity index (χ3v) is 4.26. The van der Waals surface area contributed by atoms with Crippen molar-refractivity contribution in [2.45, 2.75) is 39.7 Å². The largest absolute Gasteiger partial charge is 0.375 e. The summed E-state index contributed by atoms with van der Waals surface area (Å²) in [6.07, 6.45) is 3.22. The Morgan fingerprint density at radius 3 is 2.88 bits per heavy atom. The fraction of sp³-hybridized carbons (Fsp3) is 0.529. The SMILES string of the molecule is Cc1cc(CCC2CN(C(=O)c3c(C)noc3C)CCO2)ncn1. The number of carbonyl (C=O) groups excluding carboxylic acids is 1. The Morgan fingerprint density at radius 1 is 1.33 bits per heavy atom. The second-order valence-electron chi connectivity index (χ2n) is 6.13. The average molecular weight is 330 g/mol. The van der Waals surface area contributed by atoms with Gasteiger partial charge in [-0.2, -0.15) is 0 Å². The van der Waals surface area contributed by atoms with E-state index in [4.69, 9.17) is 9.26 Å². The van der Waals surface area contributed by atoms with E-state index in [1.54, 1.807) is 20.2 Å². The van der Waals surface area contributed by atoms with E-state index in [1.165, 1.54) is 0 Å². The molecule has 0 aromatic carbocycles. The number of hydrogen-bond acceptors (Lipinski definition) is 6. The van der Waals surface area contributed by atoms with Crippen molar-refractivity contribution in [3.05, 3.63) is 40.8 Å². The minimum Gasteiger partial charge on any atom is -0.375 e. The maximum Gasteiger partial charge on any atom is 0.259 e. The van der Waals surface area contributed by atoms with Gasteiger partial charge in [-0.25, -0.2) is 9.97 Å². The van der Waals surface area contributed by atoms with Crippen molar-refractivity contribution >= 4 is 5.91 Å². The summed E-state index contributed by atoms with van der Waals surface area (Å²) in [5.74, 6) is 0.537. The predicted octanol–water partition coefficient (Wildman–Crippen LogP) is 1.86. The van der Waals surface area contributed by atoms with Crippen molar-refractivity contribution in [3.63, 3.8) is 0 Å². The van der Waals surface area contributed by atoms with Crippen molar-refractivity contribution in [1.29, 1.82) is 0 Å². The molecule has 7 nitrogen and oxygen atoms in total. The van der Waals surface area contributed by atoms with Gasteiger partial charge in [-0.05, 0) is 39.7 Å². The molecule has 1 fully saturated rings. The van der Waals surface area contributed by atoms with Crippen LogP contribution in [0.5, 0.6) is 0 Å². The van der Waals surface area contributed by atoms with E-state index >= 15 is 0 Å². The molecular formula is C17H22N4O3. The summed E-state index contributed by atoms with van der Waals surface area (Å²) in [5, 5.41) is 3.87. The summed E-state index contributed by atoms with van der Waals surface area (Å²) in [6.45, 7) is 7.22. The number of ether oxygens (including phenoxy) is 1. The number of rotatable bonds is 4. The van der Waals surface area contributed by atoms with E-state index < -0.39 is 0 Å². The van der Waals surface area contributed by atoms with Crippen LogP contribution in [0.15, 0.2) is 16.9 Å². The molecule has 3 rings (SSSR count). The van der Waals surface area contributed by atoms with E-state index in [0.29, 0.717) is 36.7 Å². The molecule has 2 aromatic heterocycles. The van der Waals surface area contributed by atoms with Crippen LogP contribution in [0.25, 0.3) is 0 Å². The molecule has 1 aliphatic heterocycles. The Bertz CT molecular complexity index is 709. The maximum atomic E-state index is 12.7. The molecule has 128 valence electrons. The second kappa shape index (κ2) is 7.09. The van der Waals surface area contributed by atoms with Crippen molar-refractivity contribution in [2.24, 2.45) is 0 Å². The van der Waals surface area contributed by atoms with Crippen LogP contribution in [0.2, 0.25) is 0 Å². The summed E-state index contributed by atoms with van der Waals surface area (Å²) < 4.78 is 10.9. The van der Waals surface area contributed by atoms with Crippen molar-refractivity contribution in [3.8, 4) is 0 Å². The standard InChI is InChI=1S/C17H22N4O3/c1-11-8-14(19-10-18-11)4-5-15-9-21(6-7-23-15)17(22)16-12(2)20-24-13(16)3/h8,10,15H,4-7,9H2,1-3H3. The quantitative estimate of drug-likeness (QED) is 0.851. The van der Waals surface area contributed by atoms with Crippen LogP contribution < -0.4 is 0 Å². The van der Waals surface area contributed by atoms with Gasteiger partial charge in [-0.1, -0.05) is 5.16 Å². The fourth-order valence-electron chi connectivity index (χ4n) is 2.98. The molecule has 0 aliphatic carbocycles. The lowest BCUT2D eigenvalue weighted by Crippen LogP contribution is -2.46. The highest BCUT2D eigenvalue weighted by Gasteiger charge is 2.28. The zero-order valence-electron chi connectivity index (χ0n) is 14.3. The summed E-state index contributed by atoms with van der Waals surface area (Å²) in [7, 11) is 0. The molecule has 2 aromatic rings. The van der Waals surface area contributed by atoms with Crippen LogP contribution in [-0.2, 0) is 11.2 Å². The van der Waals surface area contributed by atoms with Crippen LogP contribution in [0, 0.1) is 20.8 Å². The van der Waals surface area contributed by atoms with Gasteiger partial charge in [-0.15, -0.1) is 0 Å². The molecule has 7 heteroatoms. The minimum absolute atomic E-state index is 0.0124. The van der Waals surface area contributed by atoms with Crippen LogP contribution in [0.1, 0.15) is 39.6 Å². The Kier molecular flexibility index (Phi) is 4.89. The number of aromatic nitrogens is 3. The molecule has 24 heavy (non-hydrogen) atoms. The number of aryl methyl sites for hydroxylation is 4. The van der Waals surface area contributed by atoms with Gasteiger partial charge in [0, 0.05) is 24.5 Å². The van der Waals surface area contributed by atoms with Gasteiger partial charge in [0.05, 0.1) is 18.4 Å². The van der Waals surface area contributed by atoms with Gasteiger partial charge in [0.1, 0.15) is 17.7 Å². The van der Waals surface area contributed by atoms with E-state index in [1.807, 2.05) is 17.9 Å². The molecule has 0 spiro atoms. The highest BCUT2D eigenvalue weighted by Crippen LogP contribution is 2.18. The molecule has 1 amide bonds. The van der Waals surface area contributed by atoms with Gasteiger partial charge < -0.3 is 14.2 Å². The van der Waals surface area contributed by atoms with Crippen LogP contribution in [-0.4, -0.2) is 51.7 Å². The number of morpholine rings is 1. The van der Waals surface area contributed by atoms with Gasteiger partial charge in [0.2, 0.25) is 0 Å². The Hall–Kier alpha value is -2.28. The lowest BCUT2D eigenvalue weighted by Gasteiger charge is -2.33. The second-order valence-corrected chi connectivity index (χ2v) is 6.13. The third kappa shape index (κ3) is 3.62. The molecule has 1 atom stereocenters. The topological polar surface area (TPSA) is 81.4 Å². The molecule has 1 saturated heterocycles. The van der Waals surface area contributed by atoms with Crippen molar-refractivity contribution in [2.75, 3.05) is 19.7 Å². The van der Waals surface area contributed by atoms with Gasteiger partial charge in [0.15, 0.2) is 0 Å². The number of hydrogen-bond donors (Lipinski definition) is 0. The Labute approximate surface area is 141 Å². The van der Waals surface area contributed by atoms with Crippen LogP contribution in [0.3, 0.4) is 0 Å². The van der Waals surface area contributed by atoms with Gasteiger partial charge >= 0.3 is 0 Å². The summed E-state index contributed by atoms with van der Waals surface area (Å²) >= 11 is 0. The molecule has 0 radical (unpaired) electrons. The van der Waals surface area contributed by atoms with E-state index in [-0.39, 0.29) is 12.0 Å². The first-order valence-electron chi connectivity index (χ1n) is 8.16. The highest BCUT2D eigenvalue weighted by molar-refractivity contribution is 5.96. The molecule has 0 bridgehead atoms. The zero-order chi connectivity index (χ0) is 17.1. The zero-order valence-corrected chi connectivity index (χ0v) is 14.3. The normalized spacial score (nSPS) is 18.0. The van der Waals surface area contributed by atoms with E-state index in [2.05, 4.69) is 15.1 Å². The van der Waals surface area contributed by atoms with E-state index in [0.717, 1.165) is 24.2 Å². The van der Waals surface area contributed by atoms with Crippen LogP contribution in [0.4, 0.5) is 0 Å². The number of carbonyl (C=O) groups is 1. The molecule has 3 heterocycles. The summed E-state index contributed by atoms with van der Waals surface area (Å²) in [4.78, 5) is 22.9. The molecule has 0 saturated carbocycles. The smallest absolute Gasteiger partial charge is 0.259 e.